The van der Waals surface area contributed by atoms with Gasteiger partial charge < -0.3 is 4.79 Å². The van der Waals surface area contributed by atoms with Crippen molar-refractivity contribution in [1.82, 2.24) is 0 Å². The third kappa shape index (κ3) is 1.58. The summed E-state index contributed by atoms with van der Waals surface area (Å²) < 4.78 is 1.05. The van der Waals surface area contributed by atoms with E-state index in [0.717, 1.165) is 21.7 Å². The summed E-state index contributed by atoms with van der Waals surface area (Å²) in [6, 6.07) is 12.1. The monoisotopic (exact) mass is 248 g/mol. The van der Waals surface area contributed by atoms with E-state index < -0.39 is 0 Å². The van der Waals surface area contributed by atoms with Gasteiger partial charge in [-0.15, -0.1) is 0 Å². The summed E-state index contributed by atoms with van der Waals surface area (Å²) in [4.78, 5) is 10.5. The molecule has 0 aliphatic heterocycles. The van der Waals surface area contributed by atoms with Crippen molar-refractivity contribution in [3.05, 3.63) is 46.4 Å². The molecule has 0 radical (unpaired) electrons. The zero-order valence-corrected chi connectivity index (χ0v) is 9.12. The Bertz CT molecular complexity index is 471. The number of hydrogen-bond donors (Lipinski definition) is 0. The van der Waals surface area contributed by atoms with E-state index in [1.807, 2.05) is 36.4 Å². The normalized spacial score (nSPS) is 10.4. The number of hydrogen-bond acceptors (Lipinski definition) is 1. The molecular weight excluding hydrogens is 240 g/mol. The van der Waals surface area contributed by atoms with Crippen molar-refractivity contribution in [3.63, 3.8) is 0 Å². The predicted octanol–water partition coefficient (Wildman–Crippen LogP) is 3.34. The Hall–Kier alpha value is -1.15. The Morgan fingerprint density at radius 3 is 2.57 bits per heavy atom. The average Bonchev–Trinajstić information content (AvgIpc) is 2.19. The zero-order valence-electron chi connectivity index (χ0n) is 7.53. The van der Waals surface area contributed by atoms with Gasteiger partial charge >= 0.3 is 0 Å². The summed E-state index contributed by atoms with van der Waals surface area (Å²) in [5.41, 5.74) is 1.07. The van der Waals surface area contributed by atoms with Crippen LogP contribution in [0.25, 0.3) is 10.8 Å². The van der Waals surface area contributed by atoms with Crippen molar-refractivity contribution in [2.24, 2.45) is 0 Å². The Morgan fingerprint density at radius 1 is 1.14 bits per heavy atom. The van der Waals surface area contributed by atoms with E-state index in [-0.39, 0.29) is 0 Å². The molecule has 0 unspecified atom stereocenters. The van der Waals surface area contributed by atoms with E-state index in [2.05, 4.69) is 15.9 Å². The molecule has 14 heavy (non-hydrogen) atoms. The molecule has 0 aliphatic carbocycles. The largest absolute Gasteiger partial charge is 0.303 e. The number of carbonyl (C=O) groups is 1. The molecule has 0 saturated heterocycles. The fraction of sp³-hybridized carbons (Fsp3) is 0.0833. The summed E-state index contributed by atoms with van der Waals surface area (Å²) in [7, 11) is 0. The molecule has 2 aromatic rings. The van der Waals surface area contributed by atoms with Crippen LogP contribution in [0.4, 0.5) is 0 Å². The highest BCUT2D eigenvalue weighted by molar-refractivity contribution is 9.10. The van der Waals surface area contributed by atoms with Gasteiger partial charge in [-0.05, 0) is 22.4 Å². The zero-order chi connectivity index (χ0) is 9.97. The first-order valence-electron chi connectivity index (χ1n) is 4.42. The van der Waals surface area contributed by atoms with Crippen LogP contribution in [0.1, 0.15) is 5.56 Å². The highest BCUT2D eigenvalue weighted by Crippen LogP contribution is 2.27. The van der Waals surface area contributed by atoms with Crippen molar-refractivity contribution in [2.75, 3.05) is 0 Å². The molecule has 0 amide bonds. The first-order chi connectivity index (χ1) is 6.83. The molecule has 2 rings (SSSR count). The standard InChI is InChI=1S/C12H9BrO/c13-11-6-2-5-9-3-1-4-10(7-8-14)12(9)11/h1-6,8H,7H2. The van der Waals surface area contributed by atoms with Gasteiger partial charge in [0.1, 0.15) is 6.29 Å². The van der Waals surface area contributed by atoms with E-state index >= 15 is 0 Å². The van der Waals surface area contributed by atoms with Crippen molar-refractivity contribution >= 4 is 33.0 Å². The summed E-state index contributed by atoms with van der Waals surface area (Å²) >= 11 is 3.50. The molecule has 0 aromatic heterocycles. The Labute approximate surface area is 90.9 Å². The summed E-state index contributed by atoms with van der Waals surface area (Å²) in [5, 5.41) is 2.31. The average molecular weight is 249 g/mol. The number of rotatable bonds is 2. The molecule has 0 N–H and O–H groups in total. The number of benzene rings is 2. The van der Waals surface area contributed by atoms with Crippen LogP contribution < -0.4 is 0 Å². The van der Waals surface area contributed by atoms with Crippen molar-refractivity contribution in [3.8, 4) is 0 Å². The van der Waals surface area contributed by atoms with Gasteiger partial charge in [-0.2, -0.15) is 0 Å². The lowest BCUT2D eigenvalue weighted by atomic mass is 10.0. The van der Waals surface area contributed by atoms with Crippen LogP contribution in [0.2, 0.25) is 0 Å². The van der Waals surface area contributed by atoms with E-state index in [4.69, 9.17) is 0 Å². The van der Waals surface area contributed by atoms with Gasteiger partial charge in [0.2, 0.25) is 0 Å². The lowest BCUT2D eigenvalue weighted by Gasteiger charge is -2.05. The number of fused-ring (bicyclic) bond motifs is 1. The highest BCUT2D eigenvalue weighted by Gasteiger charge is 2.02. The van der Waals surface area contributed by atoms with E-state index in [9.17, 15) is 4.79 Å². The first kappa shape index (κ1) is 9.41. The van der Waals surface area contributed by atoms with Crippen LogP contribution in [0, 0.1) is 0 Å². The van der Waals surface area contributed by atoms with Gasteiger partial charge in [-0.1, -0.05) is 46.3 Å². The Kier molecular flexibility index (Phi) is 2.64. The Morgan fingerprint density at radius 2 is 1.86 bits per heavy atom. The molecule has 2 aromatic carbocycles. The molecule has 70 valence electrons. The van der Waals surface area contributed by atoms with Gasteiger partial charge in [0, 0.05) is 10.9 Å². The molecule has 2 heteroatoms. The molecule has 1 nitrogen and oxygen atoms in total. The van der Waals surface area contributed by atoms with Crippen LogP contribution in [0.15, 0.2) is 40.9 Å². The summed E-state index contributed by atoms with van der Waals surface area (Å²) in [6.45, 7) is 0. The number of aldehydes is 1. The van der Waals surface area contributed by atoms with Crippen LogP contribution >= 0.6 is 15.9 Å². The predicted molar refractivity (Wildman–Crippen MR) is 61.4 cm³/mol. The van der Waals surface area contributed by atoms with E-state index in [1.54, 1.807) is 0 Å². The maximum Gasteiger partial charge on any atom is 0.124 e. The van der Waals surface area contributed by atoms with Crippen molar-refractivity contribution < 1.29 is 4.79 Å². The van der Waals surface area contributed by atoms with Gasteiger partial charge in [0.25, 0.3) is 0 Å². The summed E-state index contributed by atoms with van der Waals surface area (Å²) in [5.74, 6) is 0. The smallest absolute Gasteiger partial charge is 0.124 e. The topological polar surface area (TPSA) is 17.1 Å². The lowest BCUT2D eigenvalue weighted by Crippen LogP contribution is -1.88. The van der Waals surface area contributed by atoms with Gasteiger partial charge in [-0.25, -0.2) is 0 Å². The third-order valence-corrected chi connectivity index (χ3v) is 2.90. The lowest BCUT2D eigenvalue weighted by molar-refractivity contribution is -0.107. The fourth-order valence-electron chi connectivity index (χ4n) is 1.63. The van der Waals surface area contributed by atoms with Crippen LogP contribution in [-0.4, -0.2) is 6.29 Å². The second-order valence-corrected chi connectivity index (χ2v) is 3.98. The molecule has 0 bridgehead atoms. The van der Waals surface area contributed by atoms with Crippen LogP contribution in [0.5, 0.6) is 0 Å². The van der Waals surface area contributed by atoms with Gasteiger partial charge in [-0.3, -0.25) is 0 Å². The minimum absolute atomic E-state index is 0.472. The highest BCUT2D eigenvalue weighted by atomic mass is 79.9. The number of halogens is 1. The molecular formula is C12H9BrO. The van der Waals surface area contributed by atoms with Gasteiger partial charge in [0.05, 0.1) is 0 Å². The maximum atomic E-state index is 10.5. The molecule has 0 fully saturated rings. The minimum Gasteiger partial charge on any atom is -0.303 e. The molecule has 0 saturated carbocycles. The fourth-order valence-corrected chi connectivity index (χ4v) is 2.27. The third-order valence-electron chi connectivity index (χ3n) is 2.24. The molecule has 0 atom stereocenters. The minimum atomic E-state index is 0.472. The first-order valence-corrected chi connectivity index (χ1v) is 5.22. The van der Waals surface area contributed by atoms with Gasteiger partial charge in [0.15, 0.2) is 0 Å². The summed E-state index contributed by atoms with van der Waals surface area (Å²) in [6.07, 6.45) is 1.41. The Balaban J connectivity index is 2.77. The van der Waals surface area contributed by atoms with Crippen molar-refractivity contribution in [2.45, 2.75) is 6.42 Å². The maximum absolute atomic E-state index is 10.5. The van der Waals surface area contributed by atoms with E-state index in [1.165, 1.54) is 5.39 Å². The second kappa shape index (κ2) is 3.93. The SMILES string of the molecule is O=CCc1cccc2cccc(Br)c12. The molecule has 0 aliphatic rings. The number of carbonyl (C=O) groups excluding carboxylic acids is 1. The van der Waals surface area contributed by atoms with Crippen molar-refractivity contribution in [1.29, 1.82) is 0 Å². The molecule has 0 spiro atoms. The molecule has 0 heterocycles. The quantitative estimate of drug-likeness (QED) is 0.746. The van der Waals surface area contributed by atoms with E-state index in [0.29, 0.717) is 6.42 Å². The second-order valence-electron chi connectivity index (χ2n) is 3.13. The van der Waals surface area contributed by atoms with Crippen LogP contribution in [0.3, 0.4) is 0 Å². The van der Waals surface area contributed by atoms with Crippen LogP contribution in [-0.2, 0) is 11.2 Å².